The largest absolute Gasteiger partial charge is 0.468 e. The fraction of sp³-hybridized carbons (Fsp3) is 0.308. The minimum atomic E-state index is -0.481. The molecule has 0 saturated heterocycles. The van der Waals surface area contributed by atoms with Crippen molar-refractivity contribution >= 4 is 17.6 Å². The minimum Gasteiger partial charge on any atom is -0.468 e. The van der Waals surface area contributed by atoms with E-state index in [0.717, 1.165) is 46.7 Å². The molecule has 1 N–H and O–H groups in total. The third-order valence-electron chi connectivity index (χ3n) is 6.42. The van der Waals surface area contributed by atoms with Crippen molar-refractivity contribution in [2.75, 3.05) is 12.4 Å². The van der Waals surface area contributed by atoms with Gasteiger partial charge in [-0.3, -0.25) is 24.4 Å². The molecule has 0 radical (unpaired) electrons. The van der Waals surface area contributed by atoms with E-state index in [-0.39, 0.29) is 11.9 Å². The summed E-state index contributed by atoms with van der Waals surface area (Å²) in [5, 5.41) is 7.71. The van der Waals surface area contributed by atoms with Gasteiger partial charge in [-0.15, -0.1) is 0 Å². The first-order valence-electron chi connectivity index (χ1n) is 11.5. The Morgan fingerprint density at radius 2 is 1.74 bits per heavy atom. The smallest absolute Gasteiger partial charge is 0.316 e. The normalized spacial score (nSPS) is 14.1. The highest BCUT2D eigenvalue weighted by molar-refractivity contribution is 5.86. The molecular formula is C26H27N7O2. The van der Waals surface area contributed by atoms with Gasteiger partial charge in [-0.2, -0.15) is 5.10 Å². The van der Waals surface area contributed by atoms with E-state index in [1.54, 1.807) is 35.7 Å². The molecule has 35 heavy (non-hydrogen) atoms. The van der Waals surface area contributed by atoms with Crippen LogP contribution in [0, 0.1) is 0 Å². The Labute approximate surface area is 203 Å². The monoisotopic (exact) mass is 469 g/mol. The first-order valence-corrected chi connectivity index (χ1v) is 11.5. The number of carbonyl (C=O) groups excluding carboxylic acids is 1. The van der Waals surface area contributed by atoms with Crippen molar-refractivity contribution in [3.63, 3.8) is 0 Å². The second kappa shape index (κ2) is 8.90. The number of nitrogens with zero attached hydrogens (tertiary/aromatic N) is 6. The molecule has 0 unspecified atom stereocenters. The van der Waals surface area contributed by atoms with E-state index in [4.69, 9.17) is 4.74 Å². The van der Waals surface area contributed by atoms with E-state index in [9.17, 15) is 4.79 Å². The molecule has 1 aromatic carbocycles. The van der Waals surface area contributed by atoms with Crippen LogP contribution in [0.1, 0.15) is 43.9 Å². The zero-order chi connectivity index (χ0) is 24.6. The third kappa shape index (κ3) is 4.25. The molecule has 1 aliphatic carbocycles. The molecule has 4 aromatic rings. The van der Waals surface area contributed by atoms with Crippen molar-refractivity contribution in [3.05, 3.63) is 66.5 Å². The van der Waals surface area contributed by atoms with E-state index in [2.05, 4.69) is 44.2 Å². The lowest BCUT2D eigenvalue weighted by molar-refractivity contribution is -0.143. The van der Waals surface area contributed by atoms with Crippen molar-refractivity contribution in [2.24, 2.45) is 7.05 Å². The van der Waals surface area contributed by atoms with E-state index in [0.29, 0.717) is 11.5 Å². The maximum atomic E-state index is 12.2. The maximum Gasteiger partial charge on any atom is 0.316 e. The van der Waals surface area contributed by atoms with Gasteiger partial charge in [0.2, 0.25) is 0 Å². The summed E-state index contributed by atoms with van der Waals surface area (Å²) in [5.41, 5.74) is 4.59. The number of methoxy groups -OCH3 is 1. The molecule has 178 valence electrons. The lowest BCUT2D eigenvalue weighted by Crippen LogP contribution is -2.21. The lowest BCUT2D eigenvalue weighted by Gasteiger charge is -2.13. The number of hydrogen-bond acceptors (Lipinski definition) is 8. The van der Waals surface area contributed by atoms with Gasteiger partial charge in [-0.1, -0.05) is 38.1 Å². The van der Waals surface area contributed by atoms with Crippen molar-refractivity contribution < 1.29 is 9.53 Å². The Morgan fingerprint density at radius 1 is 1.03 bits per heavy atom. The molecule has 0 amide bonds. The molecule has 9 heteroatoms. The molecule has 1 fully saturated rings. The van der Waals surface area contributed by atoms with Crippen molar-refractivity contribution in [1.82, 2.24) is 29.7 Å². The average molecular weight is 470 g/mol. The number of nitrogens with one attached hydrogen (secondary N) is 1. The van der Waals surface area contributed by atoms with E-state index < -0.39 is 5.41 Å². The Morgan fingerprint density at radius 3 is 2.37 bits per heavy atom. The fourth-order valence-electron chi connectivity index (χ4n) is 4.12. The number of ether oxygens (including phenoxy) is 1. The van der Waals surface area contributed by atoms with Crippen molar-refractivity contribution in [1.29, 1.82) is 0 Å². The predicted octanol–water partition coefficient (Wildman–Crippen LogP) is 4.41. The molecular weight excluding hydrogens is 442 g/mol. The van der Waals surface area contributed by atoms with Gasteiger partial charge in [-0.05, 0) is 24.3 Å². The first-order chi connectivity index (χ1) is 16.9. The van der Waals surface area contributed by atoms with Crippen LogP contribution in [0.4, 0.5) is 11.6 Å². The summed E-state index contributed by atoms with van der Waals surface area (Å²) in [4.78, 5) is 30.4. The quantitative estimate of drug-likeness (QED) is 0.397. The summed E-state index contributed by atoms with van der Waals surface area (Å²) in [6, 6.07) is 7.90. The maximum absolute atomic E-state index is 12.2. The van der Waals surface area contributed by atoms with Gasteiger partial charge >= 0.3 is 5.97 Å². The number of rotatable bonds is 7. The van der Waals surface area contributed by atoms with Gasteiger partial charge in [-0.25, -0.2) is 4.98 Å². The highest BCUT2D eigenvalue weighted by Crippen LogP contribution is 2.49. The fourth-order valence-corrected chi connectivity index (χ4v) is 4.12. The summed E-state index contributed by atoms with van der Waals surface area (Å²) in [5.74, 6) is 1.51. The zero-order valence-corrected chi connectivity index (χ0v) is 20.2. The average Bonchev–Trinajstić information content (AvgIpc) is 3.63. The van der Waals surface area contributed by atoms with Gasteiger partial charge in [0.05, 0.1) is 60.0 Å². The van der Waals surface area contributed by atoms with Gasteiger partial charge in [0.25, 0.3) is 0 Å². The van der Waals surface area contributed by atoms with Crippen molar-refractivity contribution in [3.8, 4) is 22.5 Å². The topological polar surface area (TPSA) is 108 Å². The number of hydrogen-bond donors (Lipinski definition) is 1. The number of aromatic nitrogens is 6. The SMILES string of the molecule is COC(=O)C1(c2ccc(-c3cnc(-c4cnn(C)c4Nc4cncc(C(C)C)n4)cn3)cc2)CC1. The van der Waals surface area contributed by atoms with Gasteiger partial charge < -0.3 is 10.1 Å². The Balaban J connectivity index is 1.37. The van der Waals surface area contributed by atoms with Gasteiger partial charge in [0.1, 0.15) is 11.6 Å². The van der Waals surface area contributed by atoms with Crippen LogP contribution < -0.4 is 5.32 Å². The van der Waals surface area contributed by atoms with E-state index in [1.165, 1.54) is 7.11 Å². The molecule has 9 nitrogen and oxygen atoms in total. The van der Waals surface area contributed by atoms with Crippen LogP contribution in [0.15, 0.2) is 55.2 Å². The standard InChI is InChI=1S/C26H27N7O2/c1-16(2)20-12-27-15-23(31-20)32-24-19(11-30-33(24)3)22-14-28-21(13-29-22)17-5-7-18(8-6-17)26(9-10-26)25(34)35-4/h5-8,11-16H,9-10H2,1-4H3,(H,31,32). The molecule has 3 aromatic heterocycles. The summed E-state index contributed by atoms with van der Waals surface area (Å²) in [6.07, 6.45) is 10.3. The molecule has 3 heterocycles. The van der Waals surface area contributed by atoms with E-state index in [1.807, 2.05) is 31.3 Å². The summed E-state index contributed by atoms with van der Waals surface area (Å²) >= 11 is 0. The second-order valence-corrected chi connectivity index (χ2v) is 9.08. The number of anilines is 2. The van der Waals surface area contributed by atoms with E-state index >= 15 is 0 Å². The third-order valence-corrected chi connectivity index (χ3v) is 6.42. The second-order valence-electron chi connectivity index (χ2n) is 9.08. The first kappa shape index (κ1) is 22.6. The highest BCUT2D eigenvalue weighted by atomic mass is 16.5. The van der Waals surface area contributed by atoms with Crippen LogP contribution >= 0.6 is 0 Å². The molecule has 0 atom stereocenters. The molecule has 1 aliphatic rings. The van der Waals surface area contributed by atoms with Gasteiger partial charge in [0.15, 0.2) is 0 Å². The Hall–Kier alpha value is -4.14. The number of aryl methyl sites for hydroxylation is 1. The molecule has 1 saturated carbocycles. The lowest BCUT2D eigenvalue weighted by atomic mass is 9.95. The molecule has 0 aliphatic heterocycles. The molecule has 0 bridgehead atoms. The number of carbonyl (C=O) groups is 1. The highest BCUT2D eigenvalue weighted by Gasteiger charge is 2.52. The van der Waals surface area contributed by atoms with Crippen LogP contribution in [0.3, 0.4) is 0 Å². The summed E-state index contributed by atoms with van der Waals surface area (Å²) < 4.78 is 6.72. The van der Waals surface area contributed by atoms with Crippen LogP contribution in [-0.2, 0) is 22.0 Å². The van der Waals surface area contributed by atoms with Crippen LogP contribution in [0.5, 0.6) is 0 Å². The van der Waals surface area contributed by atoms with Crippen LogP contribution in [-0.4, -0.2) is 42.8 Å². The number of benzene rings is 1. The van der Waals surface area contributed by atoms with Gasteiger partial charge in [0, 0.05) is 18.8 Å². The minimum absolute atomic E-state index is 0.169. The zero-order valence-electron chi connectivity index (χ0n) is 20.2. The summed E-state index contributed by atoms with van der Waals surface area (Å²) in [6.45, 7) is 4.16. The van der Waals surface area contributed by atoms with Crippen molar-refractivity contribution in [2.45, 2.75) is 38.0 Å². The Bertz CT molecular complexity index is 1360. The molecule has 5 rings (SSSR count). The molecule has 0 spiro atoms. The van der Waals surface area contributed by atoms with Crippen LogP contribution in [0.2, 0.25) is 0 Å². The predicted molar refractivity (Wildman–Crippen MR) is 132 cm³/mol. The Kier molecular flexibility index (Phi) is 5.76. The summed E-state index contributed by atoms with van der Waals surface area (Å²) in [7, 11) is 3.29. The van der Waals surface area contributed by atoms with Crippen LogP contribution in [0.25, 0.3) is 22.5 Å². The number of esters is 1.